The first-order valence-electron chi connectivity index (χ1n) is 4.35. The van der Waals surface area contributed by atoms with E-state index in [9.17, 15) is 5.11 Å². The van der Waals surface area contributed by atoms with E-state index in [0.29, 0.717) is 10.9 Å². The van der Waals surface area contributed by atoms with Crippen molar-refractivity contribution in [2.75, 3.05) is 0 Å². The molecule has 0 saturated heterocycles. The molecule has 0 fully saturated rings. The molecule has 14 heavy (non-hydrogen) atoms. The topological polar surface area (TPSA) is 20.2 Å². The van der Waals surface area contributed by atoms with Crippen molar-refractivity contribution in [1.29, 1.82) is 0 Å². The van der Waals surface area contributed by atoms with Gasteiger partial charge in [-0.1, -0.05) is 58.9 Å². The van der Waals surface area contributed by atoms with E-state index >= 15 is 0 Å². The van der Waals surface area contributed by atoms with E-state index in [1.807, 2.05) is 30.3 Å². The van der Waals surface area contributed by atoms with Crippen molar-refractivity contribution in [3.05, 3.63) is 59.6 Å². The molecule has 0 saturated carbocycles. The van der Waals surface area contributed by atoms with Gasteiger partial charge < -0.3 is 5.11 Å². The summed E-state index contributed by atoms with van der Waals surface area (Å²) in [6.07, 6.45) is 2.13. The summed E-state index contributed by atoms with van der Waals surface area (Å²) < 4.78 is 0.552. The van der Waals surface area contributed by atoms with Crippen molar-refractivity contribution in [3.8, 4) is 0 Å². The SMILES string of the molecule is C=CCC(O)(C(=C)Br)c1ccccc1. The molecule has 1 aromatic rings. The number of rotatable bonds is 4. The van der Waals surface area contributed by atoms with Gasteiger partial charge in [0.2, 0.25) is 0 Å². The Morgan fingerprint density at radius 3 is 2.43 bits per heavy atom. The Morgan fingerprint density at radius 1 is 1.43 bits per heavy atom. The van der Waals surface area contributed by atoms with Gasteiger partial charge in [-0.3, -0.25) is 0 Å². The van der Waals surface area contributed by atoms with Crippen LogP contribution in [0.4, 0.5) is 0 Å². The van der Waals surface area contributed by atoms with Crippen LogP contribution in [0, 0.1) is 0 Å². The van der Waals surface area contributed by atoms with Crippen LogP contribution in [-0.2, 0) is 5.60 Å². The summed E-state index contributed by atoms with van der Waals surface area (Å²) in [5.41, 5.74) is -0.231. The molecule has 1 unspecified atom stereocenters. The van der Waals surface area contributed by atoms with Crippen LogP contribution in [-0.4, -0.2) is 5.11 Å². The highest BCUT2D eigenvalue weighted by molar-refractivity contribution is 9.11. The third-order valence-electron chi connectivity index (χ3n) is 2.14. The minimum atomic E-state index is -1.05. The summed E-state index contributed by atoms with van der Waals surface area (Å²) in [5, 5.41) is 10.3. The minimum absolute atomic E-state index is 0.446. The molecule has 0 aromatic heterocycles. The molecule has 1 aromatic carbocycles. The molecule has 0 bridgehead atoms. The first-order chi connectivity index (χ1) is 6.61. The zero-order valence-corrected chi connectivity index (χ0v) is 9.50. The average molecular weight is 253 g/mol. The number of benzene rings is 1. The Kier molecular flexibility index (Phi) is 3.67. The highest BCUT2D eigenvalue weighted by Crippen LogP contribution is 2.35. The maximum atomic E-state index is 10.3. The molecule has 0 aliphatic rings. The monoisotopic (exact) mass is 252 g/mol. The van der Waals surface area contributed by atoms with Crippen LogP contribution >= 0.6 is 15.9 Å². The van der Waals surface area contributed by atoms with E-state index in [1.54, 1.807) is 6.08 Å². The van der Waals surface area contributed by atoms with Crippen molar-refractivity contribution in [3.63, 3.8) is 0 Å². The molecule has 1 N–H and O–H groups in total. The lowest BCUT2D eigenvalue weighted by atomic mass is 9.91. The highest BCUT2D eigenvalue weighted by Gasteiger charge is 2.29. The first kappa shape index (κ1) is 11.2. The molecule has 0 aliphatic carbocycles. The van der Waals surface area contributed by atoms with Gasteiger partial charge in [0.05, 0.1) is 0 Å². The Hall–Kier alpha value is -0.860. The van der Waals surface area contributed by atoms with E-state index in [-0.39, 0.29) is 0 Å². The minimum Gasteiger partial charge on any atom is -0.380 e. The normalized spacial score (nSPS) is 14.4. The number of halogens is 1. The molecule has 1 nitrogen and oxygen atoms in total. The van der Waals surface area contributed by atoms with Gasteiger partial charge in [0.1, 0.15) is 5.60 Å². The summed E-state index contributed by atoms with van der Waals surface area (Å²) in [5.74, 6) is 0. The van der Waals surface area contributed by atoms with E-state index in [2.05, 4.69) is 29.1 Å². The number of aliphatic hydroxyl groups is 1. The highest BCUT2D eigenvalue weighted by atomic mass is 79.9. The summed E-state index contributed by atoms with van der Waals surface area (Å²) in [4.78, 5) is 0. The number of hydrogen-bond acceptors (Lipinski definition) is 1. The van der Waals surface area contributed by atoms with Crippen LogP contribution in [0.1, 0.15) is 12.0 Å². The van der Waals surface area contributed by atoms with Crippen LogP contribution in [0.5, 0.6) is 0 Å². The fraction of sp³-hybridized carbons (Fsp3) is 0.167. The molecule has 0 spiro atoms. The van der Waals surface area contributed by atoms with Gasteiger partial charge in [0, 0.05) is 10.9 Å². The van der Waals surface area contributed by atoms with Gasteiger partial charge in [-0.05, 0) is 5.56 Å². The van der Waals surface area contributed by atoms with Crippen molar-refractivity contribution in [1.82, 2.24) is 0 Å². The summed E-state index contributed by atoms with van der Waals surface area (Å²) in [6.45, 7) is 7.37. The third-order valence-corrected chi connectivity index (χ3v) is 2.80. The lowest BCUT2D eigenvalue weighted by Gasteiger charge is -2.26. The largest absolute Gasteiger partial charge is 0.380 e. The van der Waals surface area contributed by atoms with E-state index in [0.717, 1.165) is 5.56 Å². The van der Waals surface area contributed by atoms with E-state index in [4.69, 9.17) is 0 Å². The fourth-order valence-corrected chi connectivity index (χ4v) is 1.70. The molecule has 0 aliphatic heterocycles. The summed E-state index contributed by atoms with van der Waals surface area (Å²) >= 11 is 3.24. The third kappa shape index (κ3) is 2.14. The quantitative estimate of drug-likeness (QED) is 0.816. The molecule has 1 rings (SSSR count). The van der Waals surface area contributed by atoms with Gasteiger partial charge in [-0.15, -0.1) is 6.58 Å². The standard InChI is InChI=1S/C12H13BrO/c1-3-9-12(14,10(2)13)11-7-5-4-6-8-11/h3-8,14H,1-2,9H2. The summed E-state index contributed by atoms with van der Waals surface area (Å²) in [6, 6.07) is 9.43. The fourth-order valence-electron chi connectivity index (χ4n) is 1.31. The number of hydrogen-bond donors (Lipinski definition) is 1. The smallest absolute Gasteiger partial charge is 0.124 e. The van der Waals surface area contributed by atoms with Crippen molar-refractivity contribution in [2.24, 2.45) is 0 Å². The van der Waals surface area contributed by atoms with Gasteiger partial charge in [0.15, 0.2) is 0 Å². The van der Waals surface area contributed by atoms with Crippen molar-refractivity contribution >= 4 is 15.9 Å². The Morgan fingerprint density at radius 2 is 2.00 bits per heavy atom. The van der Waals surface area contributed by atoms with Crippen LogP contribution in [0.25, 0.3) is 0 Å². The van der Waals surface area contributed by atoms with Crippen LogP contribution in [0.15, 0.2) is 54.0 Å². The Balaban J connectivity index is 3.12. The molecule has 0 radical (unpaired) electrons. The maximum Gasteiger partial charge on any atom is 0.124 e. The van der Waals surface area contributed by atoms with Crippen LogP contribution < -0.4 is 0 Å². The van der Waals surface area contributed by atoms with Crippen LogP contribution in [0.2, 0.25) is 0 Å². The van der Waals surface area contributed by atoms with Gasteiger partial charge >= 0.3 is 0 Å². The predicted octanol–water partition coefficient (Wildman–Crippen LogP) is 3.36. The molecular weight excluding hydrogens is 240 g/mol. The lowest BCUT2D eigenvalue weighted by Crippen LogP contribution is -2.24. The van der Waals surface area contributed by atoms with Crippen LogP contribution in [0.3, 0.4) is 0 Å². The maximum absolute atomic E-state index is 10.3. The Bertz CT molecular complexity index is 331. The second-order valence-corrected chi connectivity index (χ2v) is 4.08. The average Bonchev–Trinajstić information content (AvgIpc) is 2.19. The second kappa shape index (κ2) is 4.58. The van der Waals surface area contributed by atoms with Gasteiger partial charge in [-0.2, -0.15) is 0 Å². The predicted molar refractivity (Wildman–Crippen MR) is 63.2 cm³/mol. The first-order valence-corrected chi connectivity index (χ1v) is 5.14. The molecule has 0 amide bonds. The zero-order chi connectivity index (χ0) is 10.6. The van der Waals surface area contributed by atoms with Crippen molar-refractivity contribution in [2.45, 2.75) is 12.0 Å². The molecule has 0 heterocycles. The lowest BCUT2D eigenvalue weighted by molar-refractivity contribution is 0.0901. The van der Waals surface area contributed by atoms with E-state index < -0.39 is 5.60 Å². The molecule has 74 valence electrons. The summed E-state index contributed by atoms with van der Waals surface area (Å²) in [7, 11) is 0. The van der Waals surface area contributed by atoms with Gasteiger partial charge in [0.25, 0.3) is 0 Å². The van der Waals surface area contributed by atoms with Gasteiger partial charge in [-0.25, -0.2) is 0 Å². The zero-order valence-electron chi connectivity index (χ0n) is 7.91. The Labute approximate surface area is 92.9 Å². The molecule has 2 heteroatoms. The molecule has 1 atom stereocenters. The molecular formula is C12H13BrO. The van der Waals surface area contributed by atoms with Crippen molar-refractivity contribution < 1.29 is 5.11 Å². The van der Waals surface area contributed by atoms with E-state index in [1.165, 1.54) is 0 Å². The second-order valence-electron chi connectivity index (χ2n) is 3.12.